The number of aromatic nitrogens is 1. The first kappa shape index (κ1) is 15.4. The highest BCUT2D eigenvalue weighted by Crippen LogP contribution is 2.25. The third kappa shape index (κ3) is 3.79. The van der Waals surface area contributed by atoms with Crippen molar-refractivity contribution in [1.29, 1.82) is 0 Å². The topological polar surface area (TPSA) is 59.1 Å². The molecule has 0 radical (unpaired) electrons. The van der Waals surface area contributed by atoms with Crippen molar-refractivity contribution in [3.05, 3.63) is 45.9 Å². The second-order valence-electron chi connectivity index (χ2n) is 4.29. The molecule has 1 atom stereocenters. The van der Waals surface area contributed by atoms with E-state index in [1.54, 1.807) is 11.3 Å². The third-order valence-electron chi connectivity index (χ3n) is 2.77. The molecule has 0 saturated heterocycles. The number of rotatable bonds is 6. The van der Waals surface area contributed by atoms with Gasteiger partial charge in [-0.1, -0.05) is 31.0 Å². The van der Waals surface area contributed by atoms with Crippen molar-refractivity contribution in [2.24, 2.45) is 0 Å². The largest absolute Gasteiger partial charge is 0.244 e. The van der Waals surface area contributed by atoms with Crippen LogP contribution in [0.25, 0.3) is 0 Å². The summed E-state index contributed by atoms with van der Waals surface area (Å²) in [5, 5.41) is 2.10. The van der Waals surface area contributed by atoms with Gasteiger partial charge in [-0.15, -0.1) is 11.3 Å². The fraction of sp³-hybridized carbons (Fsp3) is 0.308. The normalized spacial score (nSPS) is 13.3. The Labute approximate surface area is 127 Å². The van der Waals surface area contributed by atoms with E-state index in [1.165, 1.54) is 18.3 Å². The number of pyridine rings is 1. The Morgan fingerprint density at radius 3 is 2.85 bits per heavy atom. The van der Waals surface area contributed by atoms with Gasteiger partial charge in [0.15, 0.2) is 0 Å². The van der Waals surface area contributed by atoms with Gasteiger partial charge in [-0.2, -0.15) is 0 Å². The molecule has 4 nitrogen and oxygen atoms in total. The van der Waals surface area contributed by atoms with E-state index in [9.17, 15) is 8.42 Å². The van der Waals surface area contributed by atoms with Gasteiger partial charge >= 0.3 is 0 Å². The van der Waals surface area contributed by atoms with Crippen LogP contribution in [-0.4, -0.2) is 13.4 Å². The van der Waals surface area contributed by atoms with E-state index in [0.717, 1.165) is 17.7 Å². The Bertz CT molecular complexity index is 657. The summed E-state index contributed by atoms with van der Waals surface area (Å²) in [4.78, 5) is 4.94. The van der Waals surface area contributed by atoms with Crippen LogP contribution in [0.15, 0.2) is 40.7 Å². The molecular weight excluding hydrogens is 316 g/mol. The average molecular weight is 331 g/mol. The van der Waals surface area contributed by atoms with Crippen LogP contribution >= 0.6 is 22.9 Å². The fourth-order valence-electron chi connectivity index (χ4n) is 1.84. The molecule has 20 heavy (non-hydrogen) atoms. The van der Waals surface area contributed by atoms with Gasteiger partial charge in [0.1, 0.15) is 5.15 Å². The minimum atomic E-state index is -3.60. The van der Waals surface area contributed by atoms with Crippen molar-refractivity contribution >= 4 is 33.0 Å². The number of nitrogens with zero attached hydrogens (tertiary/aromatic N) is 1. The summed E-state index contributed by atoms with van der Waals surface area (Å²) in [7, 11) is -3.60. The second kappa shape index (κ2) is 6.67. The molecule has 0 saturated carbocycles. The number of halogens is 1. The quantitative estimate of drug-likeness (QED) is 0.823. The van der Waals surface area contributed by atoms with Gasteiger partial charge in [0.25, 0.3) is 0 Å². The summed E-state index contributed by atoms with van der Waals surface area (Å²) in [5.74, 6) is 0. The van der Waals surface area contributed by atoms with Crippen LogP contribution in [-0.2, 0) is 10.0 Å². The zero-order valence-corrected chi connectivity index (χ0v) is 13.3. The Hall–Kier alpha value is -0.950. The Balaban J connectivity index is 2.25. The zero-order chi connectivity index (χ0) is 14.6. The summed E-state index contributed by atoms with van der Waals surface area (Å²) >= 11 is 7.29. The molecule has 2 rings (SSSR count). The molecule has 0 aliphatic rings. The maximum absolute atomic E-state index is 12.4. The number of nitrogens with one attached hydrogen (secondary N) is 1. The van der Waals surface area contributed by atoms with Crippen LogP contribution in [0.4, 0.5) is 0 Å². The van der Waals surface area contributed by atoms with Crippen molar-refractivity contribution in [3.8, 4) is 0 Å². The predicted molar refractivity (Wildman–Crippen MR) is 81.5 cm³/mol. The van der Waals surface area contributed by atoms with Gasteiger partial charge in [0.05, 0.1) is 10.9 Å². The van der Waals surface area contributed by atoms with Crippen LogP contribution in [0, 0.1) is 0 Å². The summed E-state index contributed by atoms with van der Waals surface area (Å²) in [5.41, 5.74) is 0. The van der Waals surface area contributed by atoms with Crippen molar-refractivity contribution in [3.63, 3.8) is 0 Å². The maximum atomic E-state index is 12.4. The van der Waals surface area contributed by atoms with E-state index < -0.39 is 10.0 Å². The number of hydrogen-bond donors (Lipinski definition) is 1. The SMILES string of the molecule is CCCC(NS(=O)(=O)c1ccnc(Cl)c1)c1cccs1. The molecule has 0 bridgehead atoms. The average Bonchev–Trinajstić information content (AvgIpc) is 2.92. The Morgan fingerprint density at radius 1 is 1.45 bits per heavy atom. The summed E-state index contributed by atoms with van der Waals surface area (Å²) in [6.07, 6.45) is 3.03. The molecule has 2 heterocycles. The molecule has 2 aromatic rings. The van der Waals surface area contributed by atoms with Crippen LogP contribution in [0.3, 0.4) is 0 Å². The lowest BCUT2D eigenvalue weighted by atomic mass is 10.1. The lowest BCUT2D eigenvalue weighted by molar-refractivity contribution is 0.540. The second-order valence-corrected chi connectivity index (χ2v) is 7.37. The lowest BCUT2D eigenvalue weighted by Crippen LogP contribution is -2.28. The van der Waals surface area contributed by atoms with Gasteiger partial charge in [-0.3, -0.25) is 0 Å². The number of sulfonamides is 1. The standard InChI is InChI=1S/C13H15ClN2O2S2/c1-2-4-11(12-5-3-8-19-12)16-20(17,18)10-6-7-15-13(14)9-10/h3,5-9,11,16H,2,4H2,1H3. The van der Waals surface area contributed by atoms with Crippen LogP contribution in [0.1, 0.15) is 30.7 Å². The molecule has 0 amide bonds. The van der Waals surface area contributed by atoms with Gasteiger partial charge in [0, 0.05) is 11.1 Å². The first-order valence-electron chi connectivity index (χ1n) is 6.20. The van der Waals surface area contributed by atoms with Crippen molar-refractivity contribution in [1.82, 2.24) is 9.71 Å². The highest BCUT2D eigenvalue weighted by Gasteiger charge is 2.21. The summed E-state index contributed by atoms with van der Waals surface area (Å²) in [6.45, 7) is 2.03. The van der Waals surface area contributed by atoms with E-state index in [0.29, 0.717) is 0 Å². The van der Waals surface area contributed by atoms with Crippen molar-refractivity contribution in [2.75, 3.05) is 0 Å². The number of hydrogen-bond acceptors (Lipinski definition) is 4. The Kier molecular flexibility index (Phi) is 5.15. The monoisotopic (exact) mass is 330 g/mol. The molecule has 1 N–H and O–H groups in total. The molecule has 1 unspecified atom stereocenters. The first-order chi connectivity index (χ1) is 9.53. The fourth-order valence-corrected chi connectivity index (χ4v) is 4.23. The minimum Gasteiger partial charge on any atom is -0.244 e. The molecule has 7 heteroatoms. The highest BCUT2D eigenvalue weighted by molar-refractivity contribution is 7.89. The van der Waals surface area contributed by atoms with Gasteiger partial charge in [-0.05, 0) is 30.0 Å². The van der Waals surface area contributed by atoms with E-state index in [4.69, 9.17) is 11.6 Å². The van der Waals surface area contributed by atoms with Crippen molar-refractivity contribution < 1.29 is 8.42 Å². The minimum absolute atomic E-state index is 0.134. The third-order valence-corrected chi connectivity index (χ3v) is 5.43. The molecule has 108 valence electrons. The van der Waals surface area contributed by atoms with Gasteiger partial charge < -0.3 is 0 Å². The van der Waals surface area contributed by atoms with E-state index in [1.807, 2.05) is 24.4 Å². The van der Waals surface area contributed by atoms with Crippen LogP contribution in [0.5, 0.6) is 0 Å². The predicted octanol–water partition coefficient (Wildman–Crippen LogP) is 3.62. The van der Waals surface area contributed by atoms with Crippen LogP contribution in [0.2, 0.25) is 5.15 Å². The molecule has 0 aliphatic carbocycles. The smallest absolute Gasteiger partial charge is 0.241 e. The summed E-state index contributed by atoms with van der Waals surface area (Å²) in [6, 6.07) is 6.43. The molecule has 0 aliphatic heterocycles. The molecular formula is C13H15ClN2O2S2. The molecule has 0 fully saturated rings. The van der Waals surface area contributed by atoms with E-state index in [2.05, 4.69) is 9.71 Å². The first-order valence-corrected chi connectivity index (χ1v) is 8.94. The lowest BCUT2D eigenvalue weighted by Gasteiger charge is -2.17. The Morgan fingerprint density at radius 2 is 2.25 bits per heavy atom. The number of thiophene rings is 1. The van der Waals surface area contributed by atoms with E-state index >= 15 is 0 Å². The van der Waals surface area contributed by atoms with Gasteiger partial charge in [0.2, 0.25) is 10.0 Å². The maximum Gasteiger partial charge on any atom is 0.241 e. The zero-order valence-electron chi connectivity index (χ0n) is 10.9. The van der Waals surface area contributed by atoms with Crippen LogP contribution < -0.4 is 4.72 Å². The van der Waals surface area contributed by atoms with E-state index in [-0.39, 0.29) is 16.1 Å². The molecule has 0 spiro atoms. The molecule has 2 aromatic heterocycles. The van der Waals surface area contributed by atoms with Crippen molar-refractivity contribution in [2.45, 2.75) is 30.7 Å². The highest BCUT2D eigenvalue weighted by atomic mass is 35.5. The summed E-state index contributed by atoms with van der Waals surface area (Å²) < 4.78 is 27.5. The van der Waals surface area contributed by atoms with Gasteiger partial charge in [-0.25, -0.2) is 18.1 Å². The molecule has 0 aromatic carbocycles.